The van der Waals surface area contributed by atoms with Crippen molar-refractivity contribution >= 4 is 5.71 Å². The number of aliphatic imine (C=N–C) groups is 1. The fourth-order valence-corrected chi connectivity index (χ4v) is 1.34. The van der Waals surface area contributed by atoms with Crippen LogP contribution in [0.4, 0.5) is 0 Å². The maximum absolute atomic E-state index is 4.56. The molecule has 13 heavy (non-hydrogen) atoms. The Kier molecular flexibility index (Phi) is 4.97. The average molecular weight is 181 g/mol. The van der Waals surface area contributed by atoms with Gasteiger partial charge in [-0.05, 0) is 47.5 Å². The third-order valence-electron chi connectivity index (χ3n) is 2.66. The molecule has 76 valence electrons. The molecule has 0 saturated heterocycles. The number of hydrogen-bond acceptors (Lipinski definition) is 1. The summed E-state index contributed by atoms with van der Waals surface area (Å²) in [4.78, 5) is 4.56. The van der Waals surface area contributed by atoms with Gasteiger partial charge in [0.2, 0.25) is 0 Å². The Morgan fingerprint density at radius 3 is 1.69 bits per heavy atom. The van der Waals surface area contributed by atoms with Crippen molar-refractivity contribution in [2.75, 3.05) is 0 Å². The van der Waals surface area contributed by atoms with Gasteiger partial charge in [0.15, 0.2) is 0 Å². The molecule has 0 rings (SSSR count). The summed E-state index contributed by atoms with van der Waals surface area (Å²) in [5.41, 5.74) is 4.06. The average Bonchev–Trinajstić information content (AvgIpc) is 2.00. The lowest BCUT2D eigenvalue weighted by molar-refractivity contribution is 0.551. The first kappa shape index (κ1) is 12.4. The molecule has 0 amide bonds. The van der Waals surface area contributed by atoms with Crippen LogP contribution in [0.25, 0.3) is 0 Å². The third-order valence-corrected chi connectivity index (χ3v) is 2.66. The summed E-state index contributed by atoms with van der Waals surface area (Å²) in [6.07, 6.45) is 0. The third kappa shape index (κ3) is 4.25. The van der Waals surface area contributed by atoms with Gasteiger partial charge in [-0.1, -0.05) is 18.1 Å². The van der Waals surface area contributed by atoms with Crippen molar-refractivity contribution in [3.05, 3.63) is 11.1 Å². The van der Waals surface area contributed by atoms with E-state index in [0.717, 1.165) is 0 Å². The predicted molar refractivity (Wildman–Crippen MR) is 61.5 cm³/mol. The van der Waals surface area contributed by atoms with E-state index in [-0.39, 0.29) is 0 Å². The van der Waals surface area contributed by atoms with Crippen LogP contribution in [-0.4, -0.2) is 11.8 Å². The van der Waals surface area contributed by atoms with Gasteiger partial charge in [0, 0.05) is 5.71 Å². The summed E-state index contributed by atoms with van der Waals surface area (Å²) < 4.78 is 0. The highest BCUT2D eigenvalue weighted by Gasteiger charge is 2.12. The molecule has 0 aliphatic rings. The van der Waals surface area contributed by atoms with Crippen molar-refractivity contribution in [2.45, 2.75) is 54.5 Å². The van der Waals surface area contributed by atoms with Gasteiger partial charge < -0.3 is 0 Å². The molecule has 0 saturated carbocycles. The van der Waals surface area contributed by atoms with Crippen molar-refractivity contribution < 1.29 is 0 Å². The fourth-order valence-electron chi connectivity index (χ4n) is 1.34. The molecule has 0 aromatic heterocycles. The van der Waals surface area contributed by atoms with E-state index >= 15 is 0 Å². The minimum absolute atomic E-state index is 0.403. The fraction of sp³-hybridized carbons (Fsp3) is 0.750. The first-order valence-electron chi connectivity index (χ1n) is 5.01. The van der Waals surface area contributed by atoms with Gasteiger partial charge >= 0.3 is 0 Å². The Labute approximate surface area is 83.0 Å². The molecule has 0 aliphatic carbocycles. The Bertz CT molecular complexity index is 215. The molecule has 2 atom stereocenters. The van der Waals surface area contributed by atoms with Crippen LogP contribution in [-0.2, 0) is 0 Å². The van der Waals surface area contributed by atoms with Gasteiger partial charge in [-0.25, -0.2) is 0 Å². The van der Waals surface area contributed by atoms with Crippen LogP contribution in [0, 0.1) is 5.92 Å². The van der Waals surface area contributed by atoms with E-state index in [1.54, 1.807) is 0 Å². The standard InChI is InChI=1S/C12H23N/c1-8(2)10(5)11(6)12(7)13-9(3)4/h11-12H,1-7H3. The van der Waals surface area contributed by atoms with Crippen molar-refractivity contribution in [1.82, 2.24) is 0 Å². The van der Waals surface area contributed by atoms with Crippen LogP contribution in [0.1, 0.15) is 48.5 Å². The highest BCUT2D eigenvalue weighted by atomic mass is 14.8. The zero-order valence-electron chi connectivity index (χ0n) is 10.1. The van der Waals surface area contributed by atoms with Gasteiger partial charge in [0.25, 0.3) is 0 Å². The van der Waals surface area contributed by atoms with Gasteiger partial charge in [-0.15, -0.1) is 0 Å². The molecule has 0 spiro atoms. The van der Waals surface area contributed by atoms with Crippen LogP contribution in [0.3, 0.4) is 0 Å². The number of allylic oxidation sites excluding steroid dienone is 1. The van der Waals surface area contributed by atoms with E-state index in [4.69, 9.17) is 0 Å². The number of nitrogens with zero attached hydrogens (tertiary/aromatic N) is 1. The minimum Gasteiger partial charge on any atom is -0.291 e. The van der Waals surface area contributed by atoms with Crippen LogP contribution < -0.4 is 0 Å². The summed E-state index contributed by atoms with van der Waals surface area (Å²) >= 11 is 0. The van der Waals surface area contributed by atoms with Crippen LogP contribution in [0.15, 0.2) is 16.1 Å². The first-order valence-corrected chi connectivity index (χ1v) is 5.01. The first-order chi connectivity index (χ1) is 5.86. The molecular weight excluding hydrogens is 158 g/mol. The largest absolute Gasteiger partial charge is 0.291 e. The molecule has 0 aliphatic heterocycles. The van der Waals surface area contributed by atoms with E-state index in [9.17, 15) is 0 Å². The van der Waals surface area contributed by atoms with Crippen LogP contribution >= 0.6 is 0 Å². The number of hydrogen-bond donors (Lipinski definition) is 0. The van der Waals surface area contributed by atoms with Crippen molar-refractivity contribution in [1.29, 1.82) is 0 Å². The topological polar surface area (TPSA) is 12.4 Å². The highest BCUT2D eigenvalue weighted by Crippen LogP contribution is 2.20. The van der Waals surface area contributed by atoms with Gasteiger partial charge in [-0.3, -0.25) is 4.99 Å². The SMILES string of the molecule is CC(C)=NC(C)C(C)C(C)=C(C)C. The van der Waals surface area contributed by atoms with Crippen LogP contribution in [0.2, 0.25) is 0 Å². The second-order valence-corrected chi connectivity index (χ2v) is 4.29. The molecule has 1 heteroatoms. The second-order valence-electron chi connectivity index (χ2n) is 4.29. The predicted octanol–water partition coefficient (Wildman–Crippen LogP) is 3.85. The van der Waals surface area contributed by atoms with Crippen molar-refractivity contribution in [2.24, 2.45) is 10.9 Å². The van der Waals surface area contributed by atoms with E-state index in [2.05, 4.69) is 53.5 Å². The molecule has 0 aromatic rings. The maximum Gasteiger partial charge on any atom is 0.0533 e. The Balaban J connectivity index is 4.53. The zero-order valence-corrected chi connectivity index (χ0v) is 10.1. The van der Waals surface area contributed by atoms with E-state index in [0.29, 0.717) is 12.0 Å². The molecule has 0 heterocycles. The van der Waals surface area contributed by atoms with Crippen molar-refractivity contribution in [3.8, 4) is 0 Å². The molecule has 0 N–H and O–H groups in total. The van der Waals surface area contributed by atoms with Crippen LogP contribution in [0.5, 0.6) is 0 Å². The summed E-state index contributed by atoms with van der Waals surface area (Å²) in [6, 6.07) is 0.403. The Morgan fingerprint density at radius 2 is 1.38 bits per heavy atom. The molecule has 2 unspecified atom stereocenters. The van der Waals surface area contributed by atoms with E-state index < -0.39 is 0 Å². The van der Waals surface area contributed by atoms with E-state index in [1.807, 2.05) is 0 Å². The summed E-state index contributed by atoms with van der Waals surface area (Å²) in [5.74, 6) is 0.555. The lowest BCUT2D eigenvalue weighted by atomic mass is 9.92. The molecule has 0 fully saturated rings. The second kappa shape index (κ2) is 5.21. The quantitative estimate of drug-likeness (QED) is 0.463. The molecule has 0 radical (unpaired) electrons. The maximum atomic E-state index is 4.56. The minimum atomic E-state index is 0.403. The van der Waals surface area contributed by atoms with Crippen molar-refractivity contribution in [3.63, 3.8) is 0 Å². The Morgan fingerprint density at radius 1 is 0.923 bits per heavy atom. The lowest BCUT2D eigenvalue weighted by Crippen LogP contribution is -2.14. The summed E-state index contributed by atoms with van der Waals surface area (Å²) in [7, 11) is 0. The van der Waals surface area contributed by atoms with Gasteiger partial charge in [-0.2, -0.15) is 0 Å². The normalized spacial score (nSPS) is 14.7. The summed E-state index contributed by atoms with van der Waals surface area (Å²) in [5, 5.41) is 0. The van der Waals surface area contributed by atoms with Gasteiger partial charge in [0.1, 0.15) is 0 Å². The zero-order chi connectivity index (χ0) is 10.6. The molecular formula is C12H23N. The molecule has 0 bridgehead atoms. The smallest absolute Gasteiger partial charge is 0.0533 e. The number of rotatable bonds is 3. The van der Waals surface area contributed by atoms with Gasteiger partial charge in [0.05, 0.1) is 6.04 Å². The molecule has 1 nitrogen and oxygen atoms in total. The Hall–Kier alpha value is -0.590. The highest BCUT2D eigenvalue weighted by molar-refractivity contribution is 5.79. The molecule has 0 aromatic carbocycles. The monoisotopic (exact) mass is 181 g/mol. The lowest BCUT2D eigenvalue weighted by Gasteiger charge is -2.19. The van der Waals surface area contributed by atoms with E-state index in [1.165, 1.54) is 16.9 Å². The summed E-state index contributed by atoms with van der Waals surface area (Å²) in [6.45, 7) is 15.1.